The summed E-state index contributed by atoms with van der Waals surface area (Å²) in [5.41, 5.74) is 5.73. The maximum Gasteiger partial charge on any atom is 0.241 e. The number of methoxy groups -OCH3 is 1. The van der Waals surface area contributed by atoms with Gasteiger partial charge in [0.2, 0.25) is 10.0 Å². The van der Waals surface area contributed by atoms with E-state index in [1.165, 1.54) is 25.3 Å². The first kappa shape index (κ1) is 13.0. The van der Waals surface area contributed by atoms with E-state index in [-0.39, 0.29) is 23.1 Å². The molecule has 0 fully saturated rings. The minimum atomic E-state index is -3.77. The molecule has 0 saturated heterocycles. The highest BCUT2D eigenvalue weighted by Gasteiger charge is 2.14. The fraction of sp³-hybridized carbons (Fsp3) is 0.143. The lowest BCUT2D eigenvalue weighted by Crippen LogP contribution is -2.13. The van der Waals surface area contributed by atoms with Crippen LogP contribution in [-0.2, 0) is 10.0 Å². The summed E-state index contributed by atoms with van der Waals surface area (Å²) >= 11 is 0. The van der Waals surface area contributed by atoms with Crippen molar-refractivity contribution in [1.82, 2.24) is 0 Å². The molecule has 80 valence electrons. The van der Waals surface area contributed by atoms with Gasteiger partial charge in [0.25, 0.3) is 0 Å². The Morgan fingerprint density at radius 1 is 1.36 bits per heavy atom. The van der Waals surface area contributed by atoms with E-state index in [0.29, 0.717) is 5.69 Å². The number of anilines is 1. The first-order chi connectivity index (χ1) is 5.95. The van der Waals surface area contributed by atoms with Crippen molar-refractivity contribution in [3.05, 3.63) is 18.2 Å². The van der Waals surface area contributed by atoms with E-state index in [2.05, 4.69) is 0 Å². The molecule has 0 heterocycles. The molecule has 7 heteroatoms. The minimum Gasteiger partial charge on any atom is -0.495 e. The average Bonchev–Trinajstić information content (AvgIpc) is 2.03. The predicted octanol–water partition coefficient (Wildman–Crippen LogP) is 0.347. The lowest BCUT2D eigenvalue weighted by molar-refractivity contribution is 0.403. The molecule has 0 aliphatic carbocycles. The molecule has 0 saturated carbocycles. The summed E-state index contributed by atoms with van der Waals surface area (Å²) in [5, 5.41) is 4.94. The van der Waals surface area contributed by atoms with Gasteiger partial charge in [0.1, 0.15) is 10.6 Å². The SMILES string of the molecule is COc1ccc(N)cc1S(N)(=O)=O.Cl. The molecule has 0 aliphatic heterocycles. The number of rotatable bonds is 2. The van der Waals surface area contributed by atoms with Crippen LogP contribution in [0.5, 0.6) is 5.75 Å². The Labute approximate surface area is 88.5 Å². The molecule has 1 aromatic rings. The Morgan fingerprint density at radius 2 is 1.93 bits per heavy atom. The number of ether oxygens (including phenoxy) is 1. The van der Waals surface area contributed by atoms with Crippen LogP contribution in [0.3, 0.4) is 0 Å². The predicted molar refractivity (Wildman–Crippen MR) is 56.0 cm³/mol. The van der Waals surface area contributed by atoms with Crippen molar-refractivity contribution in [2.24, 2.45) is 5.14 Å². The van der Waals surface area contributed by atoms with Gasteiger partial charge in [-0.3, -0.25) is 0 Å². The number of halogens is 1. The standard InChI is InChI=1S/C7H10N2O3S.ClH/c1-12-6-3-2-5(8)4-7(6)13(9,10)11;/h2-4H,8H2,1H3,(H2,9,10,11);1H. The Bertz CT molecular complexity index is 419. The zero-order valence-electron chi connectivity index (χ0n) is 7.43. The highest BCUT2D eigenvalue weighted by Crippen LogP contribution is 2.24. The van der Waals surface area contributed by atoms with Gasteiger partial charge in [-0.1, -0.05) is 0 Å². The van der Waals surface area contributed by atoms with Crippen LogP contribution in [0.2, 0.25) is 0 Å². The van der Waals surface area contributed by atoms with Crippen molar-refractivity contribution in [2.45, 2.75) is 4.90 Å². The summed E-state index contributed by atoms with van der Waals surface area (Å²) in [4.78, 5) is -0.102. The van der Waals surface area contributed by atoms with Crippen molar-refractivity contribution in [3.8, 4) is 5.75 Å². The molecule has 5 nitrogen and oxygen atoms in total. The van der Waals surface area contributed by atoms with E-state index in [1.807, 2.05) is 0 Å². The van der Waals surface area contributed by atoms with Gasteiger partial charge in [-0.25, -0.2) is 13.6 Å². The van der Waals surface area contributed by atoms with Crippen LogP contribution in [0.1, 0.15) is 0 Å². The maximum absolute atomic E-state index is 11.0. The van der Waals surface area contributed by atoms with Crippen LogP contribution in [-0.4, -0.2) is 15.5 Å². The molecule has 1 rings (SSSR count). The van der Waals surface area contributed by atoms with Crippen molar-refractivity contribution < 1.29 is 13.2 Å². The molecular weight excluding hydrogens is 228 g/mol. The van der Waals surface area contributed by atoms with Crippen molar-refractivity contribution in [3.63, 3.8) is 0 Å². The number of hydrogen-bond acceptors (Lipinski definition) is 4. The molecule has 0 radical (unpaired) electrons. The first-order valence-electron chi connectivity index (χ1n) is 3.41. The van der Waals surface area contributed by atoms with E-state index in [0.717, 1.165) is 0 Å². The normalized spacial score (nSPS) is 10.4. The zero-order chi connectivity index (χ0) is 10.1. The van der Waals surface area contributed by atoms with Gasteiger partial charge in [0.15, 0.2) is 0 Å². The van der Waals surface area contributed by atoms with Crippen LogP contribution in [0, 0.1) is 0 Å². The summed E-state index contributed by atoms with van der Waals surface area (Å²) in [7, 11) is -2.41. The summed E-state index contributed by atoms with van der Waals surface area (Å²) < 4.78 is 26.8. The Morgan fingerprint density at radius 3 is 2.36 bits per heavy atom. The van der Waals surface area contributed by atoms with Gasteiger partial charge in [0, 0.05) is 5.69 Å². The molecule has 0 aliphatic rings. The summed E-state index contributed by atoms with van der Waals surface area (Å²) in [6.45, 7) is 0. The molecule has 4 N–H and O–H groups in total. The maximum atomic E-state index is 11.0. The zero-order valence-corrected chi connectivity index (χ0v) is 9.06. The lowest BCUT2D eigenvalue weighted by Gasteiger charge is -2.06. The number of nitrogen functional groups attached to an aromatic ring is 1. The molecule has 0 unspecified atom stereocenters. The molecule has 0 aromatic heterocycles. The second-order valence-corrected chi connectivity index (χ2v) is 3.99. The van der Waals surface area contributed by atoms with Crippen LogP contribution in [0.4, 0.5) is 5.69 Å². The van der Waals surface area contributed by atoms with Crippen LogP contribution < -0.4 is 15.6 Å². The Kier molecular flexibility index (Phi) is 4.18. The first-order valence-corrected chi connectivity index (χ1v) is 4.96. The number of benzene rings is 1. The number of hydrogen-bond donors (Lipinski definition) is 2. The minimum absolute atomic E-state index is 0. The molecular formula is C7H11ClN2O3S. The highest BCUT2D eigenvalue weighted by atomic mass is 35.5. The van der Waals surface area contributed by atoms with E-state index in [4.69, 9.17) is 15.6 Å². The number of nitrogens with two attached hydrogens (primary N) is 2. The molecule has 0 spiro atoms. The topological polar surface area (TPSA) is 95.4 Å². The third-order valence-electron chi connectivity index (χ3n) is 1.49. The van der Waals surface area contributed by atoms with Gasteiger partial charge in [0.05, 0.1) is 7.11 Å². The number of sulfonamides is 1. The van der Waals surface area contributed by atoms with Crippen molar-refractivity contribution >= 4 is 28.1 Å². The van der Waals surface area contributed by atoms with Gasteiger partial charge >= 0.3 is 0 Å². The Balaban J connectivity index is 0.00000169. The van der Waals surface area contributed by atoms with E-state index >= 15 is 0 Å². The second-order valence-electron chi connectivity index (χ2n) is 2.46. The Hall–Kier alpha value is -0.980. The van der Waals surface area contributed by atoms with Crippen LogP contribution in [0.25, 0.3) is 0 Å². The van der Waals surface area contributed by atoms with Crippen molar-refractivity contribution in [1.29, 1.82) is 0 Å². The summed E-state index contributed by atoms with van der Waals surface area (Å²) in [6, 6.07) is 4.25. The van der Waals surface area contributed by atoms with Crippen LogP contribution >= 0.6 is 12.4 Å². The largest absolute Gasteiger partial charge is 0.495 e. The third-order valence-corrected chi connectivity index (χ3v) is 2.43. The van der Waals surface area contributed by atoms with Gasteiger partial charge in [-0.2, -0.15) is 0 Å². The third kappa shape index (κ3) is 2.76. The summed E-state index contributed by atoms with van der Waals surface area (Å²) in [5.74, 6) is 0.191. The fourth-order valence-corrected chi connectivity index (χ4v) is 1.65. The van der Waals surface area contributed by atoms with E-state index < -0.39 is 10.0 Å². The second kappa shape index (κ2) is 4.50. The lowest BCUT2D eigenvalue weighted by atomic mass is 10.3. The molecule has 1 aromatic carbocycles. The summed E-state index contributed by atoms with van der Waals surface area (Å²) in [6.07, 6.45) is 0. The van der Waals surface area contributed by atoms with Crippen molar-refractivity contribution in [2.75, 3.05) is 12.8 Å². The molecule has 0 amide bonds. The molecule has 14 heavy (non-hydrogen) atoms. The number of primary sulfonamides is 1. The molecule has 0 bridgehead atoms. The van der Waals surface area contributed by atoms with Gasteiger partial charge in [-0.05, 0) is 18.2 Å². The fourth-order valence-electron chi connectivity index (χ4n) is 0.916. The monoisotopic (exact) mass is 238 g/mol. The smallest absolute Gasteiger partial charge is 0.241 e. The van der Waals surface area contributed by atoms with E-state index in [9.17, 15) is 8.42 Å². The molecule has 0 atom stereocenters. The van der Waals surface area contributed by atoms with Gasteiger partial charge in [-0.15, -0.1) is 12.4 Å². The van der Waals surface area contributed by atoms with E-state index in [1.54, 1.807) is 0 Å². The highest BCUT2D eigenvalue weighted by molar-refractivity contribution is 7.89. The van der Waals surface area contributed by atoms with Gasteiger partial charge < -0.3 is 10.5 Å². The average molecular weight is 239 g/mol. The van der Waals surface area contributed by atoms with Crippen LogP contribution in [0.15, 0.2) is 23.1 Å². The quantitative estimate of drug-likeness (QED) is 0.727.